The highest BCUT2D eigenvalue weighted by atomic mass is 16.8. The van der Waals surface area contributed by atoms with Crippen LogP contribution < -0.4 is 0 Å². The summed E-state index contributed by atoms with van der Waals surface area (Å²) >= 11 is 0. The Morgan fingerprint density at radius 3 is 1.74 bits per heavy atom. The Kier molecular flexibility index (Phi) is 38.6. The maximum absolute atomic E-state index is 15.8. The molecule has 6 fully saturated rings. The first kappa shape index (κ1) is 93.5. The van der Waals surface area contributed by atoms with Crippen molar-refractivity contribution in [1.82, 2.24) is 0 Å². The highest BCUT2D eigenvalue weighted by Crippen LogP contribution is 2.76. The number of unbranched alkanes of at least 4 members (excludes halogenated alkanes) is 9. The largest absolute Gasteiger partial charge is 0.481 e. The van der Waals surface area contributed by atoms with Gasteiger partial charge in [0, 0.05) is 59.5 Å². The maximum Gasteiger partial charge on any atom is 0.338 e. The molecular formula is C91H154O20. The molecule has 8 unspecified atom stereocenters. The molecule has 1 N–H and O–H groups in total. The molecule has 7 aliphatic rings. The van der Waals surface area contributed by atoms with Crippen LogP contribution in [0.5, 0.6) is 0 Å². The molecule has 8 rings (SSSR count). The molecule has 2 aliphatic heterocycles. The highest BCUT2D eigenvalue weighted by Gasteiger charge is 2.73. The third kappa shape index (κ3) is 23.1. The summed E-state index contributed by atoms with van der Waals surface area (Å²) in [5, 5.41) is 11.6. The second kappa shape index (κ2) is 45.8. The lowest BCUT2D eigenvalue weighted by Crippen LogP contribution is -2.69. The molecule has 1 aromatic carbocycles. The second-order valence-electron chi connectivity index (χ2n) is 35.5. The lowest BCUT2D eigenvalue weighted by atomic mass is 9.33. The number of fused-ring (bicyclic) bond motifs is 7. The first-order valence-corrected chi connectivity index (χ1v) is 44.5. The molecule has 4 saturated carbocycles. The van der Waals surface area contributed by atoms with Gasteiger partial charge in [0.2, 0.25) is 0 Å². The summed E-state index contributed by atoms with van der Waals surface area (Å²) in [6.07, 6.45) is 10.3. The van der Waals surface area contributed by atoms with E-state index in [9.17, 15) is 9.90 Å². The van der Waals surface area contributed by atoms with Crippen LogP contribution in [0.4, 0.5) is 0 Å². The van der Waals surface area contributed by atoms with Gasteiger partial charge in [-0.2, -0.15) is 0 Å². The Bertz CT molecular complexity index is 2860. The van der Waals surface area contributed by atoms with Gasteiger partial charge in [-0.15, -0.1) is 0 Å². The van der Waals surface area contributed by atoms with E-state index >= 15 is 9.59 Å². The van der Waals surface area contributed by atoms with Gasteiger partial charge in [0.05, 0.1) is 43.5 Å². The van der Waals surface area contributed by atoms with Crippen LogP contribution in [0.15, 0.2) is 42.0 Å². The van der Waals surface area contributed by atoms with Crippen molar-refractivity contribution in [2.24, 2.45) is 50.2 Å². The predicted molar refractivity (Wildman–Crippen MR) is 430 cm³/mol. The van der Waals surface area contributed by atoms with Gasteiger partial charge in [0.15, 0.2) is 25.0 Å². The van der Waals surface area contributed by atoms with Gasteiger partial charge >= 0.3 is 11.9 Å². The summed E-state index contributed by atoms with van der Waals surface area (Å²) in [7, 11) is 0. The molecule has 1 aromatic rings. The van der Waals surface area contributed by atoms with Crippen LogP contribution in [0.3, 0.4) is 0 Å². The van der Waals surface area contributed by atoms with Crippen molar-refractivity contribution in [2.75, 3.05) is 79.3 Å². The number of allylic oxidation sites excluding steroid dienone is 2. The molecule has 111 heavy (non-hydrogen) atoms. The van der Waals surface area contributed by atoms with E-state index in [0.29, 0.717) is 91.4 Å². The molecule has 5 aliphatic carbocycles. The molecular weight excluding hydrogens is 1410 g/mol. The molecule has 23 atom stereocenters. The van der Waals surface area contributed by atoms with Gasteiger partial charge in [-0.25, -0.2) is 4.79 Å². The number of carboxylic acid groups (broad SMARTS) is 1. The maximum atomic E-state index is 15.8. The molecule has 0 spiro atoms. The number of aldehydes is 1. The van der Waals surface area contributed by atoms with Crippen LogP contribution in [0.1, 0.15) is 290 Å². The Morgan fingerprint density at radius 1 is 0.550 bits per heavy atom. The van der Waals surface area contributed by atoms with Gasteiger partial charge in [0.25, 0.3) is 0 Å². The predicted octanol–water partition coefficient (Wildman–Crippen LogP) is 18.3. The van der Waals surface area contributed by atoms with Crippen LogP contribution in [0.2, 0.25) is 0 Å². The van der Waals surface area contributed by atoms with E-state index in [1.54, 1.807) is 0 Å². The molecule has 2 heterocycles. The number of aliphatic carboxylic acids is 1. The van der Waals surface area contributed by atoms with Crippen LogP contribution in [-0.4, -0.2) is 195 Å². The number of ether oxygens (including phenoxy) is 16. The minimum atomic E-state index is -1.50. The van der Waals surface area contributed by atoms with Gasteiger partial charge in [0.1, 0.15) is 67.1 Å². The number of hydrogen-bond donors (Lipinski definition) is 1. The van der Waals surface area contributed by atoms with Gasteiger partial charge in [-0.05, 0) is 167 Å². The number of carbonyl (C=O) groups is 3. The fourth-order valence-corrected chi connectivity index (χ4v) is 19.8. The molecule has 0 amide bonds. The molecule has 0 bridgehead atoms. The van der Waals surface area contributed by atoms with E-state index in [1.807, 2.05) is 37.3 Å². The zero-order chi connectivity index (χ0) is 80.2. The first-order valence-electron chi connectivity index (χ1n) is 44.5. The average molecular weight is 1570 g/mol. The Balaban J connectivity index is 1.32. The summed E-state index contributed by atoms with van der Waals surface area (Å²) in [6, 6.07) is 9.57. The number of esters is 1. The fraction of sp³-hybridized carbons (Fsp3) is 0.879. The standard InChI is InChI=1S/C91H154O20/c1-17-26-48-96-61-68-74(101-53-31-22-6)75(102-54-32-23-7)79(104-56-34-25-9)83(107-68)111-80-77(109-82(106-59-64(10)98-50-28-19-3)69(99-51-29-20-4)62-97-49-27-18-2)76(103-55-33-24-8)78(81(93)105-60-65-38-36-35-37-39-65)110-84(80)108-72-43-44-87(13)70(88(72,14)63-92)42-45-89(15)71(87)41-40-66-67-57-86(11,12)46-47-91(67,85(94)95)73(58-90(66,89)16)100-52-30-21-5/h35-40,63-64,67-80,82-84H,17-34,41-62H2,1-16H3,(H,94,95)/t64-,67?,68?,69-,70?,71?,72-,73+,74-,75?,76-,77?,78?,79-,80-,82-,83-,84+,87?,88+,89+,90+,91+/m0/s1. The molecule has 2 saturated heterocycles. The van der Waals surface area contributed by atoms with E-state index in [0.717, 1.165) is 147 Å². The van der Waals surface area contributed by atoms with Crippen molar-refractivity contribution in [2.45, 2.75) is 383 Å². The van der Waals surface area contributed by atoms with Crippen LogP contribution in [0.25, 0.3) is 0 Å². The lowest BCUT2D eigenvalue weighted by Gasteiger charge is -2.71. The van der Waals surface area contributed by atoms with Crippen molar-refractivity contribution in [1.29, 1.82) is 0 Å². The lowest BCUT2D eigenvalue weighted by molar-refractivity contribution is -0.395. The molecule has 0 aromatic heterocycles. The summed E-state index contributed by atoms with van der Waals surface area (Å²) in [5.41, 5.74) is -1.23. The van der Waals surface area contributed by atoms with Gasteiger partial charge in [-0.3, -0.25) is 4.79 Å². The average Bonchev–Trinajstić information content (AvgIpc) is 0.670. The summed E-state index contributed by atoms with van der Waals surface area (Å²) in [6.45, 7) is 39.4. The minimum absolute atomic E-state index is 0.0487. The van der Waals surface area contributed by atoms with E-state index in [-0.39, 0.29) is 67.7 Å². The topological polar surface area (TPSA) is 219 Å². The van der Waals surface area contributed by atoms with Gasteiger partial charge < -0.3 is 85.7 Å². The monoisotopic (exact) mass is 1570 g/mol. The number of carbonyl (C=O) groups excluding carboxylic acids is 2. The SMILES string of the molecule is CCCCOCC1O[C@@H](O[C@H]2C(O[C@H](OC[C@H](C)OCCCC)[C@H](COCCCC)OCCCC)[C@H](OCCCC)C(C(=O)OCc3ccccc3)O[C@H]2O[C@H]2CCC3(C)C(CC[C@]4(C)C3CC=C3C5CC(C)(C)CC[C@]5(C(=O)O)[C@H](OCCCC)C[C@]34C)[C@@]2(C)C=O)[C@@H](OCCCC)C(OCCCC)[C@H]1OCCCC. The highest BCUT2D eigenvalue weighted by molar-refractivity contribution is 5.78. The minimum Gasteiger partial charge on any atom is -0.481 e. The zero-order valence-corrected chi connectivity index (χ0v) is 71.9. The molecule has 638 valence electrons. The summed E-state index contributed by atoms with van der Waals surface area (Å²) in [5.74, 6) is -1.70. The van der Waals surface area contributed by atoms with Crippen molar-refractivity contribution in [3.63, 3.8) is 0 Å². The molecule has 0 radical (unpaired) electrons. The fourth-order valence-electron chi connectivity index (χ4n) is 19.8. The molecule has 20 heteroatoms. The number of carboxylic acids is 1. The smallest absolute Gasteiger partial charge is 0.338 e. The van der Waals surface area contributed by atoms with Crippen LogP contribution in [0, 0.1) is 50.2 Å². The second-order valence-corrected chi connectivity index (χ2v) is 35.5. The number of hydrogen-bond acceptors (Lipinski definition) is 19. The Hall–Kier alpha value is -3.03. The van der Waals surface area contributed by atoms with E-state index < -0.39 is 120 Å². The van der Waals surface area contributed by atoms with Gasteiger partial charge in [-0.1, -0.05) is 204 Å². The summed E-state index contributed by atoms with van der Waals surface area (Å²) in [4.78, 5) is 45.2. The number of benzene rings is 1. The van der Waals surface area contributed by atoms with E-state index in [4.69, 9.17) is 75.8 Å². The number of rotatable bonds is 53. The third-order valence-electron chi connectivity index (χ3n) is 26.8. The van der Waals surface area contributed by atoms with E-state index in [1.165, 1.54) is 5.57 Å². The quantitative estimate of drug-likeness (QED) is 0.0160. The Morgan fingerprint density at radius 2 is 1.12 bits per heavy atom. The van der Waals surface area contributed by atoms with E-state index in [2.05, 4.69) is 110 Å². The first-order chi connectivity index (χ1) is 53.5. The third-order valence-corrected chi connectivity index (χ3v) is 26.8. The Labute approximate surface area is 670 Å². The normalized spacial score (nSPS) is 34.7. The van der Waals surface area contributed by atoms with Crippen LogP contribution in [-0.2, 0) is 96.8 Å². The van der Waals surface area contributed by atoms with Crippen molar-refractivity contribution < 1.29 is 95.3 Å². The van der Waals surface area contributed by atoms with Crippen molar-refractivity contribution in [3.8, 4) is 0 Å². The van der Waals surface area contributed by atoms with Crippen LogP contribution >= 0.6 is 0 Å². The molecule has 20 nitrogen and oxygen atoms in total. The van der Waals surface area contributed by atoms with Crippen molar-refractivity contribution >= 4 is 18.2 Å². The summed E-state index contributed by atoms with van der Waals surface area (Å²) < 4.78 is 114. The van der Waals surface area contributed by atoms with Crippen molar-refractivity contribution in [3.05, 3.63) is 47.5 Å². The zero-order valence-electron chi connectivity index (χ0n) is 71.9.